The molecule has 1 aliphatic rings. The summed E-state index contributed by atoms with van der Waals surface area (Å²) in [4.78, 5) is 14.3. The molecule has 0 bridgehead atoms. The van der Waals surface area contributed by atoms with Crippen LogP contribution in [0, 0.1) is 5.92 Å². The first kappa shape index (κ1) is 19.3. The van der Waals surface area contributed by atoms with E-state index in [1.54, 1.807) is 19.3 Å². The Morgan fingerprint density at radius 3 is 2.60 bits per heavy atom. The molecule has 1 heterocycles. The Hall–Kier alpha value is -2.05. The summed E-state index contributed by atoms with van der Waals surface area (Å²) in [5, 5.41) is 1.95. The highest BCUT2D eigenvalue weighted by Crippen LogP contribution is 2.28. The van der Waals surface area contributed by atoms with Gasteiger partial charge in [-0.15, -0.1) is 0 Å². The van der Waals surface area contributed by atoms with Crippen molar-refractivity contribution in [1.82, 2.24) is 15.3 Å². The van der Waals surface area contributed by atoms with E-state index in [4.69, 9.17) is 9.47 Å². The number of piperazine rings is 1. The fraction of sp³-hybridized carbons (Fsp3) is 0.526. The van der Waals surface area contributed by atoms with Crippen molar-refractivity contribution < 1.29 is 14.3 Å². The lowest BCUT2D eigenvalue weighted by Gasteiger charge is -2.31. The number of hydrogen-bond donors (Lipinski definition) is 1. The summed E-state index contributed by atoms with van der Waals surface area (Å²) in [6.07, 6.45) is 3.32. The molecule has 1 amide bonds. The van der Waals surface area contributed by atoms with Crippen molar-refractivity contribution in [3.63, 3.8) is 0 Å². The first-order valence-electron chi connectivity index (χ1n) is 8.71. The van der Waals surface area contributed by atoms with Crippen molar-refractivity contribution in [2.24, 2.45) is 5.92 Å². The van der Waals surface area contributed by atoms with Gasteiger partial charge in [-0.1, -0.05) is 19.9 Å². The molecule has 1 N–H and O–H groups in total. The van der Waals surface area contributed by atoms with Gasteiger partial charge in [0.25, 0.3) is 5.91 Å². The third-order valence-electron chi connectivity index (χ3n) is 3.96. The number of rotatable bonds is 7. The summed E-state index contributed by atoms with van der Waals surface area (Å²) in [5.74, 6) is 1.71. The molecule has 1 fully saturated rings. The molecular formula is C19H29N3O3. The number of carbonyl (C=O) groups excluding carboxylic acids is 1. The van der Waals surface area contributed by atoms with Crippen LogP contribution in [0.1, 0.15) is 19.4 Å². The van der Waals surface area contributed by atoms with Crippen LogP contribution in [-0.2, 0) is 4.79 Å². The molecule has 0 radical (unpaired) electrons. The fourth-order valence-electron chi connectivity index (χ4n) is 2.45. The molecular weight excluding hydrogens is 318 g/mol. The van der Waals surface area contributed by atoms with Crippen molar-refractivity contribution in [3.05, 3.63) is 29.8 Å². The lowest BCUT2D eigenvalue weighted by Crippen LogP contribution is -2.52. The molecule has 0 unspecified atom stereocenters. The molecule has 6 nitrogen and oxygen atoms in total. The molecule has 0 saturated carbocycles. The Morgan fingerprint density at radius 2 is 1.96 bits per heavy atom. The van der Waals surface area contributed by atoms with Gasteiger partial charge in [0.2, 0.25) is 0 Å². The average Bonchev–Trinajstić information content (AvgIpc) is 2.60. The zero-order chi connectivity index (χ0) is 18.2. The van der Waals surface area contributed by atoms with Gasteiger partial charge in [0.15, 0.2) is 11.5 Å². The Labute approximate surface area is 150 Å². The smallest absolute Gasteiger partial charge is 0.258 e. The van der Waals surface area contributed by atoms with Crippen molar-refractivity contribution in [3.8, 4) is 11.5 Å². The van der Waals surface area contributed by atoms with E-state index in [0.717, 1.165) is 37.5 Å². The van der Waals surface area contributed by atoms with Crippen molar-refractivity contribution in [2.75, 3.05) is 46.9 Å². The van der Waals surface area contributed by atoms with Crippen molar-refractivity contribution >= 4 is 12.0 Å². The zero-order valence-electron chi connectivity index (χ0n) is 15.6. The molecule has 0 aromatic heterocycles. The van der Waals surface area contributed by atoms with E-state index in [9.17, 15) is 4.79 Å². The quantitative estimate of drug-likeness (QED) is 0.765. The van der Waals surface area contributed by atoms with Gasteiger partial charge in [-0.3, -0.25) is 10.2 Å². The number of ether oxygens (including phenoxy) is 2. The lowest BCUT2D eigenvalue weighted by molar-refractivity contribution is -0.121. The molecule has 25 heavy (non-hydrogen) atoms. The van der Waals surface area contributed by atoms with E-state index in [2.05, 4.69) is 31.2 Å². The molecule has 1 saturated heterocycles. The monoisotopic (exact) mass is 347 g/mol. The van der Waals surface area contributed by atoms with Crippen molar-refractivity contribution in [1.29, 1.82) is 0 Å². The van der Waals surface area contributed by atoms with Gasteiger partial charge in [-0.2, -0.15) is 0 Å². The highest BCUT2D eigenvalue weighted by Gasteiger charge is 2.14. The number of nitrogens with zero attached hydrogens (tertiary/aromatic N) is 2. The Morgan fingerprint density at radius 1 is 1.24 bits per heavy atom. The number of hydrazine groups is 1. The lowest BCUT2D eigenvalue weighted by atomic mass is 10.2. The Bertz CT molecular complexity index is 594. The predicted molar refractivity (Wildman–Crippen MR) is 99.6 cm³/mol. The van der Waals surface area contributed by atoms with E-state index in [1.807, 2.05) is 23.2 Å². The number of likely N-dealkylation sites (N-methyl/N-ethyl adjacent to an activating group) is 1. The third-order valence-corrected chi connectivity index (χ3v) is 3.96. The van der Waals surface area contributed by atoms with Crippen LogP contribution in [0.5, 0.6) is 11.5 Å². The third kappa shape index (κ3) is 6.40. The average molecular weight is 347 g/mol. The van der Waals surface area contributed by atoms with Crippen LogP contribution in [0.4, 0.5) is 0 Å². The first-order valence-corrected chi connectivity index (χ1v) is 8.71. The van der Waals surface area contributed by atoms with Gasteiger partial charge in [0.05, 0.1) is 13.7 Å². The van der Waals surface area contributed by atoms with Gasteiger partial charge in [-0.05, 0) is 36.7 Å². The number of carbonyl (C=O) groups is 1. The maximum absolute atomic E-state index is 12.1. The summed E-state index contributed by atoms with van der Waals surface area (Å²) in [5.41, 5.74) is 3.80. The molecule has 0 aliphatic carbocycles. The minimum Gasteiger partial charge on any atom is -0.493 e. The number of nitrogens with one attached hydrogen (secondary N) is 1. The van der Waals surface area contributed by atoms with Gasteiger partial charge < -0.3 is 14.4 Å². The Balaban J connectivity index is 1.92. The van der Waals surface area contributed by atoms with E-state index < -0.39 is 0 Å². The maximum atomic E-state index is 12.1. The number of amides is 1. The second-order valence-corrected chi connectivity index (χ2v) is 6.71. The van der Waals surface area contributed by atoms with Crippen molar-refractivity contribution in [2.45, 2.75) is 13.8 Å². The summed E-state index contributed by atoms with van der Waals surface area (Å²) in [6.45, 7) is 8.43. The summed E-state index contributed by atoms with van der Waals surface area (Å²) in [7, 11) is 3.70. The van der Waals surface area contributed by atoms with E-state index >= 15 is 0 Å². The fourth-order valence-corrected chi connectivity index (χ4v) is 2.45. The standard InChI is InChI=1S/C19H29N3O3/c1-15(2)14-25-17-7-5-16(13-18(17)24-4)6-8-19(23)20-22-11-9-21(3)10-12-22/h5-8,13,15H,9-12,14H2,1-4H3,(H,20,23)/b8-6+. The molecule has 2 rings (SSSR count). The molecule has 1 aliphatic heterocycles. The van der Waals surface area contributed by atoms with Crippen LogP contribution >= 0.6 is 0 Å². The number of hydrogen-bond acceptors (Lipinski definition) is 5. The van der Waals surface area contributed by atoms with Gasteiger partial charge >= 0.3 is 0 Å². The minimum absolute atomic E-state index is 0.122. The van der Waals surface area contributed by atoms with E-state index in [0.29, 0.717) is 18.3 Å². The molecule has 6 heteroatoms. The van der Waals surface area contributed by atoms with Crippen LogP contribution in [0.3, 0.4) is 0 Å². The number of methoxy groups -OCH3 is 1. The predicted octanol–water partition coefficient (Wildman–Crippen LogP) is 2.02. The topological polar surface area (TPSA) is 54.0 Å². The zero-order valence-corrected chi connectivity index (χ0v) is 15.6. The second kappa shape index (κ2) is 9.44. The molecule has 0 atom stereocenters. The normalized spacial score (nSPS) is 16.4. The highest BCUT2D eigenvalue weighted by molar-refractivity contribution is 5.91. The molecule has 138 valence electrons. The van der Waals surface area contributed by atoms with Gasteiger partial charge in [0, 0.05) is 32.3 Å². The highest BCUT2D eigenvalue weighted by atomic mass is 16.5. The maximum Gasteiger partial charge on any atom is 0.258 e. The van der Waals surface area contributed by atoms with E-state index in [-0.39, 0.29) is 5.91 Å². The minimum atomic E-state index is -0.122. The molecule has 0 spiro atoms. The second-order valence-electron chi connectivity index (χ2n) is 6.71. The van der Waals surface area contributed by atoms with Crippen LogP contribution in [-0.4, -0.2) is 62.8 Å². The largest absolute Gasteiger partial charge is 0.493 e. The van der Waals surface area contributed by atoms with Gasteiger partial charge in [-0.25, -0.2) is 5.01 Å². The summed E-state index contributed by atoms with van der Waals surface area (Å²) in [6, 6.07) is 5.66. The van der Waals surface area contributed by atoms with Crippen LogP contribution in [0.15, 0.2) is 24.3 Å². The molecule has 1 aromatic rings. The Kier molecular flexibility index (Phi) is 7.28. The SMILES string of the molecule is COc1cc(/C=C/C(=O)NN2CCN(C)CC2)ccc1OCC(C)C. The van der Waals surface area contributed by atoms with Crippen LogP contribution < -0.4 is 14.9 Å². The van der Waals surface area contributed by atoms with Crippen LogP contribution in [0.2, 0.25) is 0 Å². The molecule has 1 aromatic carbocycles. The first-order chi connectivity index (χ1) is 12.0. The van der Waals surface area contributed by atoms with E-state index in [1.165, 1.54) is 0 Å². The summed E-state index contributed by atoms with van der Waals surface area (Å²) >= 11 is 0. The van der Waals surface area contributed by atoms with Gasteiger partial charge in [0.1, 0.15) is 0 Å². The number of benzene rings is 1. The van der Waals surface area contributed by atoms with Crippen LogP contribution in [0.25, 0.3) is 6.08 Å². The summed E-state index contributed by atoms with van der Waals surface area (Å²) < 4.78 is 11.1.